The summed E-state index contributed by atoms with van der Waals surface area (Å²) in [7, 11) is 0. The van der Waals surface area contributed by atoms with E-state index in [1.54, 1.807) is 11.0 Å². The summed E-state index contributed by atoms with van der Waals surface area (Å²) in [4.78, 5) is 39.2. The molecule has 3 rings (SSSR count). The van der Waals surface area contributed by atoms with Crippen LogP contribution in [-0.2, 0) is 17.8 Å². The van der Waals surface area contributed by atoms with Gasteiger partial charge in [-0.15, -0.1) is 0 Å². The Balaban J connectivity index is 1.75. The number of amides is 1. The number of anilines is 1. The second kappa shape index (κ2) is 5.93. The second-order valence-corrected chi connectivity index (χ2v) is 5.28. The molecule has 1 aromatic heterocycles. The first-order valence-corrected chi connectivity index (χ1v) is 7.22. The van der Waals surface area contributed by atoms with E-state index in [1.165, 1.54) is 10.8 Å². The van der Waals surface area contributed by atoms with Crippen LogP contribution in [-0.4, -0.2) is 22.0 Å². The molecule has 0 saturated carbocycles. The second-order valence-electron chi connectivity index (χ2n) is 5.28. The van der Waals surface area contributed by atoms with E-state index in [0.29, 0.717) is 6.54 Å². The molecule has 0 fully saturated rings. The quantitative estimate of drug-likeness (QED) is 0.886. The van der Waals surface area contributed by atoms with Crippen molar-refractivity contribution in [1.82, 2.24) is 9.55 Å². The Morgan fingerprint density at radius 2 is 2.09 bits per heavy atom. The number of hydrogen-bond donors (Lipinski definition) is 1. The van der Waals surface area contributed by atoms with Crippen molar-refractivity contribution in [2.75, 3.05) is 11.4 Å². The summed E-state index contributed by atoms with van der Waals surface area (Å²) >= 11 is 0. The number of nitrogens with zero attached hydrogens (tertiary/aromatic N) is 3. The van der Waals surface area contributed by atoms with Crippen LogP contribution in [0.2, 0.25) is 0 Å². The molecule has 23 heavy (non-hydrogen) atoms. The molecule has 1 amide bonds. The molecule has 2 aromatic rings. The van der Waals surface area contributed by atoms with Crippen LogP contribution in [0.25, 0.3) is 0 Å². The van der Waals surface area contributed by atoms with Gasteiger partial charge in [-0.1, -0.05) is 18.2 Å². The number of benzene rings is 1. The Kier molecular flexibility index (Phi) is 3.81. The Hall–Kier alpha value is -3.14. The van der Waals surface area contributed by atoms with Crippen LogP contribution in [0.4, 0.5) is 5.69 Å². The van der Waals surface area contributed by atoms with E-state index in [4.69, 9.17) is 5.26 Å². The molecule has 7 nitrogen and oxygen atoms in total. The van der Waals surface area contributed by atoms with Crippen molar-refractivity contribution in [3.8, 4) is 6.07 Å². The average molecular weight is 310 g/mol. The number of carbonyl (C=O) groups is 1. The third-order valence-electron chi connectivity index (χ3n) is 3.89. The summed E-state index contributed by atoms with van der Waals surface area (Å²) in [5, 5.41) is 8.83. The summed E-state index contributed by atoms with van der Waals surface area (Å²) in [5.41, 5.74) is 0.554. The average Bonchev–Trinajstić information content (AvgIpc) is 2.98. The van der Waals surface area contributed by atoms with Crippen LogP contribution in [0.5, 0.6) is 0 Å². The molecule has 0 spiro atoms. The van der Waals surface area contributed by atoms with Crippen molar-refractivity contribution in [3.05, 3.63) is 62.4 Å². The van der Waals surface area contributed by atoms with Gasteiger partial charge >= 0.3 is 5.69 Å². The van der Waals surface area contributed by atoms with Crippen LogP contribution in [0.15, 0.2) is 40.1 Å². The highest BCUT2D eigenvalue weighted by Gasteiger charge is 2.23. The van der Waals surface area contributed by atoms with Crippen LogP contribution in [0.3, 0.4) is 0 Å². The minimum absolute atomic E-state index is 0.0912. The highest BCUT2D eigenvalue weighted by molar-refractivity contribution is 5.95. The molecule has 7 heteroatoms. The van der Waals surface area contributed by atoms with E-state index in [2.05, 4.69) is 4.98 Å². The van der Waals surface area contributed by atoms with Gasteiger partial charge in [0.15, 0.2) is 0 Å². The zero-order valence-electron chi connectivity index (χ0n) is 12.3. The van der Waals surface area contributed by atoms with Gasteiger partial charge in [0, 0.05) is 31.4 Å². The Morgan fingerprint density at radius 1 is 1.30 bits per heavy atom. The molecule has 1 aliphatic heterocycles. The number of nitriles is 1. The number of hydrogen-bond acceptors (Lipinski definition) is 4. The molecule has 1 N–H and O–H groups in total. The van der Waals surface area contributed by atoms with Gasteiger partial charge in [0.05, 0.1) is 0 Å². The summed E-state index contributed by atoms with van der Waals surface area (Å²) < 4.78 is 1.18. The van der Waals surface area contributed by atoms with E-state index in [-0.39, 0.29) is 24.4 Å². The Morgan fingerprint density at radius 3 is 2.87 bits per heavy atom. The van der Waals surface area contributed by atoms with Crippen molar-refractivity contribution < 1.29 is 4.79 Å². The molecule has 0 radical (unpaired) electrons. The van der Waals surface area contributed by atoms with E-state index >= 15 is 0 Å². The first-order chi connectivity index (χ1) is 11.1. The Labute approximate surface area is 131 Å². The van der Waals surface area contributed by atoms with Gasteiger partial charge in [0.1, 0.15) is 11.6 Å². The zero-order chi connectivity index (χ0) is 16.4. The molecule has 0 saturated heterocycles. The third kappa shape index (κ3) is 2.79. The highest BCUT2D eigenvalue weighted by atomic mass is 16.2. The maximum atomic E-state index is 12.4. The number of nitrogens with one attached hydrogen (secondary N) is 1. The number of carbonyl (C=O) groups excluding carboxylic acids is 1. The van der Waals surface area contributed by atoms with Crippen LogP contribution < -0.4 is 16.1 Å². The number of aromatic nitrogens is 2. The molecule has 1 aliphatic rings. The Bertz CT molecular complexity index is 920. The molecule has 2 heterocycles. The largest absolute Gasteiger partial charge is 0.328 e. The summed E-state index contributed by atoms with van der Waals surface area (Å²) in [5.74, 6) is -0.0912. The molecular formula is C16H14N4O3. The summed E-state index contributed by atoms with van der Waals surface area (Å²) in [6.07, 6.45) is 2.12. The van der Waals surface area contributed by atoms with Crippen molar-refractivity contribution in [3.63, 3.8) is 0 Å². The summed E-state index contributed by atoms with van der Waals surface area (Å²) in [6.45, 7) is 0.740. The standard InChI is InChI=1S/C16H14N4O3/c17-9-12-10-19(16(23)18-15(12)22)7-6-14(21)20-8-5-11-3-1-2-4-13(11)20/h1-4,10H,5-8H2,(H,18,22,23). The number of para-hydroxylation sites is 1. The van der Waals surface area contributed by atoms with Gasteiger partial charge in [-0.3, -0.25) is 19.1 Å². The predicted molar refractivity (Wildman–Crippen MR) is 83.2 cm³/mol. The fourth-order valence-corrected chi connectivity index (χ4v) is 2.70. The van der Waals surface area contributed by atoms with Gasteiger partial charge in [-0.25, -0.2) is 4.79 Å². The maximum Gasteiger partial charge on any atom is 0.328 e. The first kappa shape index (κ1) is 14.8. The van der Waals surface area contributed by atoms with E-state index in [9.17, 15) is 14.4 Å². The van der Waals surface area contributed by atoms with E-state index in [1.807, 2.05) is 24.3 Å². The van der Waals surface area contributed by atoms with Gasteiger partial charge in [0.25, 0.3) is 5.56 Å². The molecular weight excluding hydrogens is 296 g/mol. The predicted octanol–water partition coefficient (Wildman–Crippen LogP) is 0.388. The molecule has 0 unspecified atom stereocenters. The number of fused-ring (bicyclic) bond motifs is 1. The number of aromatic amines is 1. The number of aryl methyl sites for hydroxylation is 1. The number of H-pyrrole nitrogens is 1. The molecule has 1 aromatic carbocycles. The molecule has 0 aliphatic carbocycles. The fraction of sp³-hybridized carbons (Fsp3) is 0.250. The lowest BCUT2D eigenvalue weighted by Crippen LogP contribution is -2.34. The third-order valence-corrected chi connectivity index (χ3v) is 3.89. The van der Waals surface area contributed by atoms with E-state index in [0.717, 1.165) is 17.7 Å². The van der Waals surface area contributed by atoms with Crippen molar-refractivity contribution in [2.24, 2.45) is 0 Å². The molecule has 0 atom stereocenters. The minimum Gasteiger partial charge on any atom is -0.312 e. The first-order valence-electron chi connectivity index (χ1n) is 7.22. The normalized spacial score (nSPS) is 12.7. The highest BCUT2D eigenvalue weighted by Crippen LogP contribution is 2.27. The summed E-state index contributed by atoms with van der Waals surface area (Å²) in [6, 6.07) is 9.44. The fourth-order valence-electron chi connectivity index (χ4n) is 2.70. The maximum absolute atomic E-state index is 12.4. The molecule has 0 bridgehead atoms. The van der Waals surface area contributed by atoms with Gasteiger partial charge in [-0.2, -0.15) is 5.26 Å². The zero-order valence-corrected chi connectivity index (χ0v) is 12.3. The lowest BCUT2D eigenvalue weighted by atomic mass is 10.2. The van der Waals surface area contributed by atoms with Crippen molar-refractivity contribution in [1.29, 1.82) is 5.26 Å². The van der Waals surface area contributed by atoms with E-state index < -0.39 is 11.2 Å². The lowest BCUT2D eigenvalue weighted by Gasteiger charge is -2.17. The van der Waals surface area contributed by atoms with Gasteiger partial charge < -0.3 is 4.90 Å². The minimum atomic E-state index is -0.714. The van der Waals surface area contributed by atoms with Gasteiger partial charge in [-0.05, 0) is 18.1 Å². The SMILES string of the molecule is N#Cc1cn(CCC(=O)N2CCc3ccccc32)c(=O)[nH]c1=O. The van der Waals surface area contributed by atoms with Crippen molar-refractivity contribution in [2.45, 2.75) is 19.4 Å². The monoisotopic (exact) mass is 310 g/mol. The van der Waals surface area contributed by atoms with Crippen molar-refractivity contribution >= 4 is 11.6 Å². The topological polar surface area (TPSA) is 99.0 Å². The molecule has 116 valence electrons. The lowest BCUT2D eigenvalue weighted by molar-refractivity contribution is -0.118. The number of rotatable bonds is 3. The van der Waals surface area contributed by atoms with Gasteiger partial charge in [0.2, 0.25) is 5.91 Å². The smallest absolute Gasteiger partial charge is 0.312 e. The van der Waals surface area contributed by atoms with Crippen LogP contribution >= 0.6 is 0 Å². The van der Waals surface area contributed by atoms with Crippen LogP contribution in [0, 0.1) is 11.3 Å². The van der Waals surface area contributed by atoms with Crippen LogP contribution in [0.1, 0.15) is 17.5 Å².